The lowest BCUT2D eigenvalue weighted by Gasteiger charge is -2.12. The summed E-state index contributed by atoms with van der Waals surface area (Å²) in [5.41, 5.74) is 0.924. The van der Waals surface area contributed by atoms with Crippen molar-refractivity contribution in [1.29, 1.82) is 0 Å². The van der Waals surface area contributed by atoms with Crippen LogP contribution in [-0.4, -0.2) is 27.7 Å². The maximum atomic E-state index is 4.23. The largest absolute Gasteiger partial charge is 0.316 e. The molecule has 0 aliphatic heterocycles. The molecule has 0 fully saturated rings. The van der Waals surface area contributed by atoms with Crippen LogP contribution in [0, 0.1) is 5.92 Å². The zero-order valence-corrected chi connectivity index (χ0v) is 11.3. The van der Waals surface area contributed by atoms with E-state index in [9.17, 15) is 0 Å². The van der Waals surface area contributed by atoms with Crippen LogP contribution in [0.5, 0.6) is 0 Å². The second-order valence-electron chi connectivity index (χ2n) is 4.68. The smallest absolute Gasteiger partial charge is 0.160 e. The molecular weight excluding hydrogens is 224 g/mol. The molecule has 2 aromatic heterocycles. The highest BCUT2D eigenvalue weighted by Gasteiger charge is 2.05. The fourth-order valence-corrected chi connectivity index (χ4v) is 2.15. The lowest BCUT2D eigenvalue weighted by molar-refractivity contribution is 0.450. The van der Waals surface area contributed by atoms with Crippen LogP contribution in [0.3, 0.4) is 0 Å². The molecule has 0 bridgehead atoms. The van der Waals surface area contributed by atoms with Crippen LogP contribution in [0.1, 0.15) is 32.5 Å². The summed E-state index contributed by atoms with van der Waals surface area (Å²) in [6, 6.07) is 5.98. The second-order valence-corrected chi connectivity index (χ2v) is 4.68. The summed E-state index contributed by atoms with van der Waals surface area (Å²) in [4.78, 5) is 0. The molecule has 0 unspecified atom stereocenters. The third-order valence-corrected chi connectivity index (χ3v) is 3.50. The number of rotatable bonds is 7. The van der Waals surface area contributed by atoms with Crippen LogP contribution >= 0.6 is 0 Å². The van der Waals surface area contributed by atoms with E-state index in [-0.39, 0.29) is 0 Å². The van der Waals surface area contributed by atoms with Crippen molar-refractivity contribution >= 4 is 5.65 Å². The van der Waals surface area contributed by atoms with Gasteiger partial charge in [0, 0.05) is 19.2 Å². The average Bonchev–Trinajstić information content (AvgIpc) is 2.82. The summed E-state index contributed by atoms with van der Waals surface area (Å²) in [7, 11) is 0. The van der Waals surface area contributed by atoms with E-state index >= 15 is 0 Å². The van der Waals surface area contributed by atoms with E-state index in [2.05, 4.69) is 33.8 Å². The topological polar surface area (TPSA) is 42.2 Å². The van der Waals surface area contributed by atoms with Gasteiger partial charge in [0.1, 0.15) is 5.82 Å². The van der Waals surface area contributed by atoms with E-state index in [1.807, 2.05) is 24.4 Å². The summed E-state index contributed by atoms with van der Waals surface area (Å²) in [6.07, 6.45) is 5.44. The summed E-state index contributed by atoms with van der Waals surface area (Å²) < 4.78 is 2.05. The first-order valence-electron chi connectivity index (χ1n) is 6.84. The molecule has 2 aromatic rings. The van der Waals surface area contributed by atoms with Gasteiger partial charge in [0.2, 0.25) is 0 Å². The van der Waals surface area contributed by atoms with Crippen molar-refractivity contribution in [2.24, 2.45) is 5.92 Å². The van der Waals surface area contributed by atoms with E-state index in [4.69, 9.17) is 0 Å². The Morgan fingerprint density at radius 1 is 1.22 bits per heavy atom. The van der Waals surface area contributed by atoms with Gasteiger partial charge in [-0.1, -0.05) is 32.8 Å². The Balaban J connectivity index is 1.83. The fraction of sp³-hybridized carbons (Fsp3) is 0.571. The summed E-state index contributed by atoms with van der Waals surface area (Å²) >= 11 is 0. The SMILES string of the molecule is CCC(CC)CNCCc1nnc2ccccn12. The minimum atomic E-state index is 0.792. The molecule has 0 radical (unpaired) electrons. The van der Waals surface area contributed by atoms with Gasteiger partial charge in [0.15, 0.2) is 5.65 Å². The Labute approximate surface area is 108 Å². The second kappa shape index (κ2) is 6.50. The van der Waals surface area contributed by atoms with E-state index in [0.717, 1.165) is 36.9 Å². The number of hydrogen-bond acceptors (Lipinski definition) is 3. The molecular formula is C14H22N4. The van der Waals surface area contributed by atoms with Crippen LogP contribution in [0.2, 0.25) is 0 Å². The van der Waals surface area contributed by atoms with Crippen molar-refractivity contribution < 1.29 is 0 Å². The Kier molecular flexibility index (Phi) is 4.70. The van der Waals surface area contributed by atoms with E-state index in [1.54, 1.807) is 0 Å². The Morgan fingerprint density at radius 3 is 2.83 bits per heavy atom. The number of nitrogens with one attached hydrogen (secondary N) is 1. The minimum absolute atomic E-state index is 0.792. The Bertz CT molecular complexity index is 473. The molecule has 0 spiro atoms. The van der Waals surface area contributed by atoms with E-state index in [0.29, 0.717) is 0 Å². The van der Waals surface area contributed by atoms with Gasteiger partial charge >= 0.3 is 0 Å². The molecule has 1 N–H and O–H groups in total. The van der Waals surface area contributed by atoms with Gasteiger partial charge in [0.05, 0.1) is 0 Å². The van der Waals surface area contributed by atoms with Gasteiger partial charge in [-0.3, -0.25) is 4.40 Å². The first-order chi connectivity index (χ1) is 8.85. The Morgan fingerprint density at radius 2 is 2.06 bits per heavy atom. The van der Waals surface area contributed by atoms with Crippen LogP contribution in [-0.2, 0) is 6.42 Å². The molecule has 2 heterocycles. The molecule has 18 heavy (non-hydrogen) atoms. The first kappa shape index (κ1) is 13.0. The van der Waals surface area contributed by atoms with Crippen molar-refractivity contribution in [2.45, 2.75) is 33.1 Å². The lowest BCUT2D eigenvalue weighted by Crippen LogP contribution is -2.24. The van der Waals surface area contributed by atoms with Crippen molar-refractivity contribution in [2.75, 3.05) is 13.1 Å². The van der Waals surface area contributed by atoms with Gasteiger partial charge in [-0.05, 0) is 24.6 Å². The zero-order valence-electron chi connectivity index (χ0n) is 11.3. The fourth-order valence-electron chi connectivity index (χ4n) is 2.15. The van der Waals surface area contributed by atoms with Gasteiger partial charge < -0.3 is 5.32 Å². The zero-order chi connectivity index (χ0) is 12.8. The highest BCUT2D eigenvalue weighted by atomic mass is 15.2. The van der Waals surface area contributed by atoms with Gasteiger partial charge in [-0.2, -0.15) is 0 Å². The lowest BCUT2D eigenvalue weighted by atomic mass is 10.0. The average molecular weight is 246 g/mol. The third kappa shape index (κ3) is 3.07. The van der Waals surface area contributed by atoms with Crippen LogP contribution in [0.15, 0.2) is 24.4 Å². The molecule has 0 amide bonds. The molecule has 98 valence electrons. The maximum absolute atomic E-state index is 4.23. The van der Waals surface area contributed by atoms with E-state index in [1.165, 1.54) is 12.8 Å². The maximum Gasteiger partial charge on any atom is 0.160 e. The predicted molar refractivity (Wildman–Crippen MR) is 73.6 cm³/mol. The van der Waals surface area contributed by atoms with Crippen LogP contribution < -0.4 is 5.32 Å². The molecule has 0 aliphatic carbocycles. The van der Waals surface area contributed by atoms with Gasteiger partial charge in [-0.15, -0.1) is 10.2 Å². The normalized spacial score (nSPS) is 11.5. The molecule has 0 saturated heterocycles. The number of nitrogens with zero attached hydrogens (tertiary/aromatic N) is 3. The van der Waals surface area contributed by atoms with Crippen molar-refractivity contribution in [1.82, 2.24) is 19.9 Å². The Hall–Kier alpha value is -1.42. The van der Waals surface area contributed by atoms with Crippen LogP contribution in [0.4, 0.5) is 0 Å². The predicted octanol–water partition coefficient (Wildman–Crippen LogP) is 2.30. The number of pyridine rings is 1. The summed E-state index contributed by atoms with van der Waals surface area (Å²) in [6.45, 7) is 6.57. The van der Waals surface area contributed by atoms with Crippen LogP contribution in [0.25, 0.3) is 5.65 Å². The summed E-state index contributed by atoms with van der Waals surface area (Å²) in [5.74, 6) is 1.82. The first-order valence-corrected chi connectivity index (χ1v) is 6.84. The molecule has 0 atom stereocenters. The molecule has 0 aliphatic rings. The van der Waals surface area contributed by atoms with Crippen molar-refractivity contribution in [3.8, 4) is 0 Å². The number of fused-ring (bicyclic) bond motifs is 1. The van der Waals surface area contributed by atoms with Crippen molar-refractivity contribution in [3.05, 3.63) is 30.2 Å². The number of aromatic nitrogens is 3. The minimum Gasteiger partial charge on any atom is -0.316 e. The molecule has 2 rings (SSSR count). The number of hydrogen-bond donors (Lipinski definition) is 1. The van der Waals surface area contributed by atoms with Crippen molar-refractivity contribution in [3.63, 3.8) is 0 Å². The highest BCUT2D eigenvalue weighted by molar-refractivity contribution is 5.36. The molecule has 4 nitrogen and oxygen atoms in total. The summed E-state index contributed by atoms with van der Waals surface area (Å²) in [5, 5.41) is 11.9. The van der Waals surface area contributed by atoms with Gasteiger partial charge in [-0.25, -0.2) is 0 Å². The third-order valence-electron chi connectivity index (χ3n) is 3.50. The van der Waals surface area contributed by atoms with E-state index < -0.39 is 0 Å². The quantitative estimate of drug-likeness (QED) is 0.762. The molecule has 4 heteroatoms. The molecule has 0 aromatic carbocycles. The molecule has 0 saturated carbocycles. The highest BCUT2D eigenvalue weighted by Crippen LogP contribution is 2.06. The standard InChI is InChI=1S/C14H22N4/c1-3-12(4-2)11-15-9-8-14-17-16-13-7-5-6-10-18(13)14/h5-7,10,12,15H,3-4,8-9,11H2,1-2H3. The monoisotopic (exact) mass is 246 g/mol. The van der Waals surface area contributed by atoms with Gasteiger partial charge in [0.25, 0.3) is 0 Å².